The molecule has 5 heteroatoms. The number of ether oxygens (including phenoxy) is 1. The lowest BCUT2D eigenvalue weighted by molar-refractivity contribution is 0.102. The van der Waals surface area contributed by atoms with Gasteiger partial charge in [-0.1, -0.05) is 0 Å². The van der Waals surface area contributed by atoms with Gasteiger partial charge in [0.2, 0.25) is 0 Å². The minimum atomic E-state index is -0.545. The van der Waals surface area contributed by atoms with E-state index in [0.29, 0.717) is 12.0 Å². The predicted molar refractivity (Wildman–Crippen MR) is 77.4 cm³/mol. The van der Waals surface area contributed by atoms with Crippen molar-refractivity contribution in [2.45, 2.75) is 6.92 Å². The number of rotatable bonds is 4. The SMILES string of the molecule is COc1ccc(C(=O)c2c(C=O)ccc(F)c2C)c(N)c1. The number of ketones is 1. The molecular weight excluding hydrogens is 273 g/mol. The van der Waals surface area contributed by atoms with Gasteiger partial charge in [-0.15, -0.1) is 0 Å². The fourth-order valence-corrected chi connectivity index (χ4v) is 2.12. The molecule has 4 nitrogen and oxygen atoms in total. The third-order valence-corrected chi connectivity index (χ3v) is 3.29. The van der Waals surface area contributed by atoms with Gasteiger partial charge in [0.25, 0.3) is 0 Å². The van der Waals surface area contributed by atoms with Crippen LogP contribution in [0.3, 0.4) is 0 Å². The van der Waals surface area contributed by atoms with Crippen LogP contribution in [0.4, 0.5) is 10.1 Å². The number of carbonyl (C=O) groups excluding carboxylic acids is 2. The third-order valence-electron chi connectivity index (χ3n) is 3.29. The zero-order chi connectivity index (χ0) is 15.6. The van der Waals surface area contributed by atoms with E-state index in [-0.39, 0.29) is 27.9 Å². The summed E-state index contributed by atoms with van der Waals surface area (Å²) < 4.78 is 18.7. The Balaban J connectivity index is 2.60. The lowest BCUT2D eigenvalue weighted by Crippen LogP contribution is -2.11. The lowest BCUT2D eigenvalue weighted by atomic mass is 9.93. The second-order valence-electron chi connectivity index (χ2n) is 4.54. The molecule has 2 rings (SSSR count). The van der Waals surface area contributed by atoms with E-state index in [4.69, 9.17) is 10.5 Å². The first-order valence-electron chi connectivity index (χ1n) is 6.22. The smallest absolute Gasteiger partial charge is 0.196 e. The van der Waals surface area contributed by atoms with Crippen LogP contribution in [0.2, 0.25) is 0 Å². The van der Waals surface area contributed by atoms with Crippen LogP contribution >= 0.6 is 0 Å². The molecule has 21 heavy (non-hydrogen) atoms. The van der Waals surface area contributed by atoms with Gasteiger partial charge < -0.3 is 10.5 Å². The third kappa shape index (κ3) is 2.63. The monoisotopic (exact) mass is 287 g/mol. The van der Waals surface area contributed by atoms with Crippen molar-refractivity contribution in [3.63, 3.8) is 0 Å². The first-order valence-corrected chi connectivity index (χ1v) is 6.22. The number of hydrogen-bond acceptors (Lipinski definition) is 4. The van der Waals surface area contributed by atoms with Crippen LogP contribution in [-0.4, -0.2) is 19.2 Å². The first kappa shape index (κ1) is 14.7. The average molecular weight is 287 g/mol. The predicted octanol–water partition coefficient (Wildman–Crippen LogP) is 2.77. The molecule has 0 heterocycles. The highest BCUT2D eigenvalue weighted by Gasteiger charge is 2.20. The summed E-state index contributed by atoms with van der Waals surface area (Å²) in [7, 11) is 1.48. The van der Waals surface area contributed by atoms with E-state index in [1.807, 2.05) is 0 Å². The van der Waals surface area contributed by atoms with Gasteiger partial charge in [0.05, 0.1) is 7.11 Å². The second kappa shape index (κ2) is 5.75. The first-order chi connectivity index (χ1) is 9.99. The molecule has 0 saturated carbocycles. The Morgan fingerprint density at radius 3 is 2.57 bits per heavy atom. The fourth-order valence-electron chi connectivity index (χ4n) is 2.12. The number of hydrogen-bond donors (Lipinski definition) is 1. The molecule has 0 aliphatic carbocycles. The van der Waals surface area contributed by atoms with E-state index in [1.54, 1.807) is 6.07 Å². The van der Waals surface area contributed by atoms with Crippen molar-refractivity contribution in [3.8, 4) is 5.75 Å². The van der Waals surface area contributed by atoms with Gasteiger partial charge in [-0.05, 0) is 36.8 Å². The zero-order valence-electron chi connectivity index (χ0n) is 11.6. The Bertz CT molecular complexity index is 726. The topological polar surface area (TPSA) is 69.4 Å². The highest BCUT2D eigenvalue weighted by molar-refractivity contribution is 6.16. The fraction of sp³-hybridized carbons (Fsp3) is 0.125. The second-order valence-corrected chi connectivity index (χ2v) is 4.54. The molecule has 0 aromatic heterocycles. The number of benzene rings is 2. The van der Waals surface area contributed by atoms with E-state index in [2.05, 4.69) is 0 Å². The van der Waals surface area contributed by atoms with Crippen molar-refractivity contribution in [1.29, 1.82) is 0 Å². The number of anilines is 1. The van der Waals surface area contributed by atoms with Gasteiger partial charge in [-0.25, -0.2) is 4.39 Å². The standard InChI is InChI=1S/C16H14FNO3/c1-9-13(17)6-3-10(8-19)15(9)16(20)12-5-4-11(21-2)7-14(12)18/h3-8H,18H2,1-2H3. The van der Waals surface area contributed by atoms with E-state index in [1.165, 1.54) is 32.2 Å². The van der Waals surface area contributed by atoms with Crippen molar-refractivity contribution in [2.75, 3.05) is 12.8 Å². The van der Waals surface area contributed by atoms with Gasteiger partial charge in [0.1, 0.15) is 11.6 Å². The summed E-state index contributed by atoms with van der Waals surface area (Å²) in [6.07, 6.45) is 0.527. The molecule has 0 aliphatic heterocycles. The number of aldehydes is 1. The summed E-state index contributed by atoms with van der Waals surface area (Å²) in [6.45, 7) is 1.45. The molecule has 0 bridgehead atoms. The molecular formula is C16H14FNO3. The number of nitrogens with two attached hydrogens (primary N) is 1. The molecule has 0 fully saturated rings. The number of methoxy groups -OCH3 is 1. The van der Waals surface area contributed by atoms with Crippen LogP contribution in [0.25, 0.3) is 0 Å². The van der Waals surface area contributed by atoms with E-state index >= 15 is 0 Å². The lowest BCUT2D eigenvalue weighted by Gasteiger charge is -2.11. The molecule has 2 aromatic rings. The minimum Gasteiger partial charge on any atom is -0.497 e. The summed E-state index contributed by atoms with van der Waals surface area (Å²) in [4.78, 5) is 23.7. The molecule has 2 N–H and O–H groups in total. The summed E-state index contributed by atoms with van der Waals surface area (Å²) in [5, 5.41) is 0. The van der Waals surface area contributed by atoms with Gasteiger partial charge in [-0.2, -0.15) is 0 Å². The number of halogens is 1. The normalized spacial score (nSPS) is 10.2. The Hall–Kier alpha value is -2.69. The van der Waals surface area contributed by atoms with Crippen molar-refractivity contribution < 1.29 is 18.7 Å². The Labute approximate surface area is 121 Å². The zero-order valence-corrected chi connectivity index (χ0v) is 11.6. The van der Waals surface area contributed by atoms with Crippen LogP contribution < -0.4 is 10.5 Å². The van der Waals surface area contributed by atoms with Crippen molar-refractivity contribution in [1.82, 2.24) is 0 Å². The summed E-state index contributed by atoms with van der Waals surface area (Å²) in [5.41, 5.74) is 6.53. The highest BCUT2D eigenvalue weighted by Crippen LogP contribution is 2.26. The van der Waals surface area contributed by atoms with Gasteiger partial charge in [0.15, 0.2) is 12.1 Å². The molecule has 0 spiro atoms. The maximum atomic E-state index is 13.7. The molecule has 0 radical (unpaired) electrons. The highest BCUT2D eigenvalue weighted by atomic mass is 19.1. The minimum absolute atomic E-state index is 0.0295. The van der Waals surface area contributed by atoms with Crippen LogP contribution in [0.1, 0.15) is 31.8 Å². The number of nitrogen functional groups attached to an aromatic ring is 1. The molecule has 0 atom stereocenters. The van der Waals surface area contributed by atoms with Crippen LogP contribution in [-0.2, 0) is 0 Å². The molecule has 2 aromatic carbocycles. The largest absolute Gasteiger partial charge is 0.497 e. The maximum absolute atomic E-state index is 13.7. The van der Waals surface area contributed by atoms with Crippen LogP contribution in [0.5, 0.6) is 5.75 Å². The Kier molecular flexibility index (Phi) is 4.03. The Morgan fingerprint density at radius 2 is 2.00 bits per heavy atom. The summed E-state index contributed by atoms with van der Waals surface area (Å²) in [6, 6.07) is 7.02. The van der Waals surface area contributed by atoms with Crippen molar-refractivity contribution >= 4 is 17.8 Å². The van der Waals surface area contributed by atoms with Gasteiger partial charge in [-0.3, -0.25) is 9.59 Å². The molecule has 0 aliphatic rings. The van der Waals surface area contributed by atoms with E-state index in [9.17, 15) is 14.0 Å². The Morgan fingerprint density at radius 1 is 1.29 bits per heavy atom. The van der Waals surface area contributed by atoms with Gasteiger partial charge in [0, 0.05) is 28.4 Å². The van der Waals surface area contributed by atoms with Crippen LogP contribution in [0, 0.1) is 12.7 Å². The summed E-state index contributed by atoms with van der Waals surface area (Å²) in [5.74, 6) is -0.527. The average Bonchev–Trinajstić information content (AvgIpc) is 2.49. The van der Waals surface area contributed by atoms with Gasteiger partial charge >= 0.3 is 0 Å². The molecule has 0 amide bonds. The molecule has 0 saturated heterocycles. The van der Waals surface area contributed by atoms with E-state index in [0.717, 1.165) is 6.07 Å². The van der Waals surface area contributed by atoms with Crippen molar-refractivity contribution in [3.05, 3.63) is 58.4 Å². The van der Waals surface area contributed by atoms with Crippen molar-refractivity contribution in [2.24, 2.45) is 0 Å². The van der Waals surface area contributed by atoms with Crippen LogP contribution in [0.15, 0.2) is 30.3 Å². The molecule has 0 unspecified atom stereocenters. The number of carbonyl (C=O) groups is 2. The summed E-state index contributed by atoms with van der Waals surface area (Å²) >= 11 is 0. The van der Waals surface area contributed by atoms with E-state index < -0.39 is 11.6 Å². The maximum Gasteiger partial charge on any atom is 0.196 e. The quantitative estimate of drug-likeness (QED) is 0.533. The molecule has 108 valence electrons.